The topological polar surface area (TPSA) is 127 Å². The van der Waals surface area contributed by atoms with Crippen LogP contribution in [0.5, 0.6) is 5.75 Å². The van der Waals surface area contributed by atoms with Crippen molar-refractivity contribution in [2.75, 3.05) is 7.11 Å². The minimum Gasteiger partial charge on any atom is -0.494 e. The van der Waals surface area contributed by atoms with Crippen molar-refractivity contribution in [2.24, 2.45) is 5.73 Å². The Balaban J connectivity index is 0.000000343. The number of H-pyrrole nitrogens is 1. The molecule has 0 radical (unpaired) electrons. The lowest BCUT2D eigenvalue weighted by atomic mass is 9.83. The Bertz CT molecular complexity index is 1780. The van der Waals surface area contributed by atoms with E-state index in [9.17, 15) is 22.0 Å². The highest BCUT2D eigenvalue weighted by molar-refractivity contribution is 7.85. The highest BCUT2D eigenvalue weighted by atomic mass is 32.2. The summed E-state index contributed by atoms with van der Waals surface area (Å²) in [6.07, 6.45) is 3.42. The second-order valence-electron chi connectivity index (χ2n) is 9.87. The van der Waals surface area contributed by atoms with Crippen molar-refractivity contribution in [3.8, 4) is 28.0 Å². The molecule has 1 aromatic heterocycles. The molecule has 3 aromatic carbocycles. The van der Waals surface area contributed by atoms with Crippen LogP contribution in [0.3, 0.4) is 0 Å². The van der Waals surface area contributed by atoms with Gasteiger partial charge in [-0.15, -0.1) is 0 Å². The molecule has 0 aliphatic heterocycles. The molecule has 42 heavy (non-hydrogen) atoms. The number of benzene rings is 3. The first-order valence-electron chi connectivity index (χ1n) is 13.1. The largest absolute Gasteiger partial charge is 0.494 e. The highest BCUT2D eigenvalue weighted by Crippen LogP contribution is 2.37. The number of aromatic nitrogens is 1. The smallest absolute Gasteiger partial charge is 0.294 e. The van der Waals surface area contributed by atoms with Crippen LogP contribution in [0.1, 0.15) is 37.3 Å². The van der Waals surface area contributed by atoms with Crippen LogP contribution in [0.25, 0.3) is 27.1 Å². The van der Waals surface area contributed by atoms with Crippen LogP contribution in [0, 0.1) is 18.2 Å². The van der Waals surface area contributed by atoms with Gasteiger partial charge in [0.05, 0.1) is 24.1 Å². The lowest BCUT2D eigenvalue weighted by molar-refractivity contribution is 0.386. The van der Waals surface area contributed by atoms with Crippen molar-refractivity contribution in [3.63, 3.8) is 0 Å². The number of aromatic amines is 1. The van der Waals surface area contributed by atoms with Crippen LogP contribution < -0.4 is 16.0 Å². The van der Waals surface area contributed by atoms with Crippen LogP contribution in [-0.2, 0) is 10.1 Å². The fraction of sp³-hybridized carbons (Fsp3) is 0.226. The zero-order valence-corrected chi connectivity index (χ0v) is 23.5. The number of hydrogen-bond donors (Lipinski definition) is 3. The van der Waals surface area contributed by atoms with Crippen molar-refractivity contribution < 1.29 is 26.5 Å². The van der Waals surface area contributed by atoms with E-state index in [0.29, 0.717) is 16.7 Å². The molecule has 218 valence electrons. The van der Waals surface area contributed by atoms with Gasteiger partial charge in [0.2, 0.25) is 5.69 Å². The van der Waals surface area contributed by atoms with Crippen LogP contribution >= 0.6 is 0 Å². The number of ether oxygens (including phenoxy) is 1. The molecule has 4 aromatic rings. The molecule has 1 fully saturated rings. The van der Waals surface area contributed by atoms with Crippen LogP contribution in [0.2, 0.25) is 0 Å². The Labute approximate surface area is 242 Å². The van der Waals surface area contributed by atoms with E-state index in [4.69, 9.17) is 21.6 Å². The maximum absolute atomic E-state index is 14.4. The van der Waals surface area contributed by atoms with E-state index >= 15 is 0 Å². The molecular formula is C31H29F2N3O5S. The number of pyridine rings is 1. The van der Waals surface area contributed by atoms with E-state index in [1.165, 1.54) is 43.5 Å². The Kier molecular flexibility index (Phi) is 9.52. The van der Waals surface area contributed by atoms with Gasteiger partial charge in [-0.25, -0.2) is 13.6 Å². The normalized spacial score (nSPS) is 16.6. The monoisotopic (exact) mass is 593 g/mol. The third-order valence-corrected chi connectivity index (χ3v) is 7.99. The van der Waals surface area contributed by atoms with Crippen molar-refractivity contribution in [1.82, 2.24) is 4.98 Å². The van der Waals surface area contributed by atoms with Crippen molar-refractivity contribution >= 4 is 15.8 Å². The standard InChI is InChI=1S/C25H23F2N3O2.C6H6O3S/c1-29-21-9-5-15(11-19(21)26)18-13-22(14-3-7-17(28)8-4-14)30-25(31)24(18)16-6-10-23(32-2)20(27)12-16;7-10(8,9)6-4-2-1-3-5-6/h5-6,9-14,17H,3-4,7-8,28H2,2H3,(H,30,31);1-5H,(H,7,8,9). The zero-order valence-electron chi connectivity index (χ0n) is 22.7. The van der Waals surface area contributed by atoms with Gasteiger partial charge >= 0.3 is 0 Å². The van der Waals surface area contributed by atoms with Crippen LogP contribution in [0.15, 0.2) is 82.5 Å². The molecule has 0 atom stereocenters. The van der Waals surface area contributed by atoms with Gasteiger partial charge < -0.3 is 15.5 Å². The van der Waals surface area contributed by atoms with Crippen molar-refractivity contribution in [1.29, 1.82) is 0 Å². The number of methoxy groups -OCH3 is 1. The van der Waals surface area contributed by atoms with Gasteiger partial charge in [0, 0.05) is 11.7 Å². The number of rotatable bonds is 5. The molecule has 1 aliphatic rings. The first-order valence-corrected chi connectivity index (χ1v) is 14.5. The Hall–Kier alpha value is -4.37. The molecule has 0 spiro atoms. The van der Waals surface area contributed by atoms with Gasteiger partial charge in [-0.05, 0) is 84.7 Å². The number of nitrogens with one attached hydrogen (secondary N) is 1. The zero-order chi connectivity index (χ0) is 30.4. The molecule has 1 aliphatic carbocycles. The second-order valence-corrected chi connectivity index (χ2v) is 11.3. The summed E-state index contributed by atoms with van der Waals surface area (Å²) >= 11 is 0. The molecule has 0 amide bonds. The van der Waals surface area contributed by atoms with Crippen LogP contribution in [0.4, 0.5) is 14.5 Å². The van der Waals surface area contributed by atoms with E-state index in [2.05, 4.69) is 9.83 Å². The van der Waals surface area contributed by atoms with Gasteiger partial charge in [-0.2, -0.15) is 8.42 Å². The first kappa shape index (κ1) is 30.6. The fourth-order valence-corrected chi connectivity index (χ4v) is 5.42. The van der Waals surface area contributed by atoms with Gasteiger partial charge in [-0.3, -0.25) is 9.35 Å². The summed E-state index contributed by atoms with van der Waals surface area (Å²) in [5, 5.41) is 0. The molecule has 0 saturated heterocycles. The maximum atomic E-state index is 14.4. The van der Waals surface area contributed by atoms with Crippen molar-refractivity contribution in [2.45, 2.75) is 42.5 Å². The predicted octanol–water partition coefficient (Wildman–Crippen LogP) is 6.46. The maximum Gasteiger partial charge on any atom is 0.294 e. The van der Waals surface area contributed by atoms with E-state index < -0.39 is 21.8 Å². The molecular weight excluding hydrogens is 564 g/mol. The lowest BCUT2D eigenvalue weighted by Crippen LogP contribution is -2.27. The van der Waals surface area contributed by atoms with Gasteiger partial charge in [0.15, 0.2) is 11.6 Å². The Morgan fingerprint density at radius 1 is 0.952 bits per heavy atom. The van der Waals surface area contributed by atoms with E-state index in [1.807, 2.05) is 6.07 Å². The third-order valence-electron chi connectivity index (χ3n) is 7.13. The minimum absolute atomic E-state index is 0.0642. The quantitative estimate of drug-likeness (QED) is 0.180. The van der Waals surface area contributed by atoms with Gasteiger partial charge in [0.25, 0.3) is 15.7 Å². The van der Waals surface area contributed by atoms with E-state index in [-0.39, 0.29) is 39.4 Å². The summed E-state index contributed by atoms with van der Waals surface area (Å²) < 4.78 is 63.1. The highest BCUT2D eigenvalue weighted by Gasteiger charge is 2.24. The van der Waals surface area contributed by atoms with Gasteiger partial charge in [-0.1, -0.05) is 36.4 Å². The average molecular weight is 594 g/mol. The molecule has 0 bridgehead atoms. The lowest BCUT2D eigenvalue weighted by Gasteiger charge is -2.26. The summed E-state index contributed by atoms with van der Waals surface area (Å²) in [6, 6.07) is 17.9. The number of nitrogens with zero attached hydrogens (tertiary/aromatic N) is 1. The number of nitrogens with two attached hydrogens (primary N) is 1. The molecule has 1 saturated carbocycles. The summed E-state index contributed by atoms with van der Waals surface area (Å²) in [5.74, 6) is -1.07. The molecule has 5 rings (SSSR count). The molecule has 11 heteroatoms. The molecule has 8 nitrogen and oxygen atoms in total. The Morgan fingerprint density at radius 2 is 1.60 bits per heavy atom. The predicted molar refractivity (Wildman–Crippen MR) is 156 cm³/mol. The SMILES string of the molecule is O=S(=O)(O)c1ccccc1.[C-]#[N+]c1ccc(-c2cc(C3CCC(N)CC3)[nH]c(=O)c2-c2ccc(OC)c(F)c2)cc1F. The number of hydrogen-bond acceptors (Lipinski definition) is 5. The summed E-state index contributed by atoms with van der Waals surface area (Å²) in [6.45, 7) is 7.08. The number of halogens is 2. The van der Waals surface area contributed by atoms with Crippen LogP contribution in [-0.4, -0.2) is 31.1 Å². The fourth-order valence-electron chi connectivity index (χ4n) is 4.92. The summed E-state index contributed by atoms with van der Waals surface area (Å²) in [5.41, 5.74) is 7.81. The second kappa shape index (κ2) is 13.1. The Morgan fingerprint density at radius 3 is 2.14 bits per heavy atom. The van der Waals surface area contributed by atoms with E-state index in [0.717, 1.165) is 31.4 Å². The third kappa shape index (κ3) is 7.09. The molecule has 1 heterocycles. The van der Waals surface area contributed by atoms with Crippen molar-refractivity contribution in [3.05, 3.63) is 112 Å². The van der Waals surface area contributed by atoms with Gasteiger partial charge in [0.1, 0.15) is 5.82 Å². The first-order chi connectivity index (χ1) is 20.0. The van der Waals surface area contributed by atoms with E-state index in [1.54, 1.807) is 30.3 Å². The average Bonchev–Trinajstić information content (AvgIpc) is 2.97. The molecule has 0 unspecified atom stereocenters. The minimum atomic E-state index is -4.00. The molecule has 4 N–H and O–H groups in total. The summed E-state index contributed by atoms with van der Waals surface area (Å²) in [4.78, 5) is 19.3. The summed E-state index contributed by atoms with van der Waals surface area (Å²) in [7, 11) is -2.64.